The molecule has 1 amide bonds. The summed E-state index contributed by atoms with van der Waals surface area (Å²) in [5.41, 5.74) is 0.621. The van der Waals surface area contributed by atoms with E-state index in [0.717, 1.165) is 10.8 Å². The van der Waals surface area contributed by atoms with Crippen molar-refractivity contribution in [2.24, 2.45) is 11.3 Å². The third-order valence-electron chi connectivity index (χ3n) is 4.83. The highest BCUT2D eigenvalue weighted by atomic mass is 16.3. The lowest BCUT2D eigenvalue weighted by Gasteiger charge is -2.20. The van der Waals surface area contributed by atoms with Crippen molar-refractivity contribution in [3.05, 3.63) is 42.0 Å². The zero-order valence-electron chi connectivity index (χ0n) is 12.5. The van der Waals surface area contributed by atoms with E-state index in [1.54, 1.807) is 12.1 Å². The van der Waals surface area contributed by atoms with Crippen molar-refractivity contribution >= 4 is 16.7 Å². The topological polar surface area (TPSA) is 49.3 Å². The van der Waals surface area contributed by atoms with Crippen molar-refractivity contribution in [3.8, 4) is 5.75 Å². The van der Waals surface area contributed by atoms with E-state index < -0.39 is 0 Å². The van der Waals surface area contributed by atoms with Crippen LogP contribution in [-0.4, -0.2) is 17.6 Å². The van der Waals surface area contributed by atoms with Gasteiger partial charge < -0.3 is 10.4 Å². The lowest BCUT2D eigenvalue weighted by atomic mass is 9.92. The molecule has 0 heterocycles. The maximum absolute atomic E-state index is 12.3. The van der Waals surface area contributed by atoms with Crippen molar-refractivity contribution in [3.63, 3.8) is 0 Å². The Morgan fingerprint density at radius 2 is 1.86 bits per heavy atom. The molecule has 2 aromatic rings. The van der Waals surface area contributed by atoms with Crippen LogP contribution < -0.4 is 5.32 Å². The predicted octanol–water partition coefficient (Wildman–Crippen LogP) is 3.71. The largest absolute Gasteiger partial charge is 0.507 e. The fourth-order valence-electron chi connectivity index (χ4n) is 2.88. The number of carbonyl (C=O) groups excluding carboxylic acids is 1. The smallest absolute Gasteiger partial charge is 0.255 e. The number of amides is 1. The van der Waals surface area contributed by atoms with E-state index >= 15 is 0 Å². The van der Waals surface area contributed by atoms with Gasteiger partial charge in [-0.25, -0.2) is 0 Å². The molecule has 0 unspecified atom stereocenters. The molecule has 0 aromatic heterocycles. The van der Waals surface area contributed by atoms with Crippen LogP contribution in [0.1, 0.15) is 37.0 Å². The minimum atomic E-state index is -0.190. The maximum atomic E-state index is 12.3. The molecule has 0 saturated heterocycles. The summed E-state index contributed by atoms with van der Waals surface area (Å²) in [6, 6.07) is 11.1. The molecule has 1 aliphatic rings. The summed E-state index contributed by atoms with van der Waals surface area (Å²) in [6.45, 7) is 5.09. The average molecular weight is 283 g/mol. The normalized spacial score (nSPS) is 16.1. The SMILES string of the molecule is CC(C)C1(CNC(=O)c2cc3ccccc3cc2O)CC1. The Labute approximate surface area is 125 Å². The molecule has 0 radical (unpaired) electrons. The molecular weight excluding hydrogens is 262 g/mol. The summed E-state index contributed by atoms with van der Waals surface area (Å²) in [5, 5.41) is 15.0. The summed E-state index contributed by atoms with van der Waals surface area (Å²) < 4.78 is 0. The monoisotopic (exact) mass is 283 g/mol. The van der Waals surface area contributed by atoms with E-state index in [1.165, 1.54) is 12.8 Å². The molecule has 0 aliphatic heterocycles. The second-order valence-corrected chi connectivity index (χ2v) is 6.42. The highest BCUT2D eigenvalue weighted by molar-refractivity contribution is 6.01. The number of hydrogen-bond acceptors (Lipinski definition) is 2. The first-order valence-corrected chi connectivity index (χ1v) is 7.52. The molecule has 2 aromatic carbocycles. The van der Waals surface area contributed by atoms with Crippen LogP contribution in [-0.2, 0) is 0 Å². The van der Waals surface area contributed by atoms with Gasteiger partial charge in [0, 0.05) is 6.54 Å². The fraction of sp³-hybridized carbons (Fsp3) is 0.389. The van der Waals surface area contributed by atoms with Crippen LogP contribution >= 0.6 is 0 Å². The Balaban J connectivity index is 1.80. The van der Waals surface area contributed by atoms with Gasteiger partial charge in [0.25, 0.3) is 5.91 Å². The van der Waals surface area contributed by atoms with E-state index in [0.29, 0.717) is 18.0 Å². The molecule has 3 rings (SSSR count). The number of fused-ring (bicyclic) bond motifs is 1. The van der Waals surface area contributed by atoms with E-state index in [2.05, 4.69) is 19.2 Å². The van der Waals surface area contributed by atoms with Gasteiger partial charge >= 0.3 is 0 Å². The lowest BCUT2D eigenvalue weighted by Crippen LogP contribution is -2.32. The predicted molar refractivity (Wildman–Crippen MR) is 84.5 cm³/mol. The number of carbonyl (C=O) groups is 1. The summed E-state index contributed by atoms with van der Waals surface area (Å²) >= 11 is 0. The van der Waals surface area contributed by atoms with Crippen LogP contribution in [0.5, 0.6) is 5.75 Å². The summed E-state index contributed by atoms with van der Waals surface area (Å²) in [7, 11) is 0. The molecule has 21 heavy (non-hydrogen) atoms. The number of aromatic hydroxyl groups is 1. The van der Waals surface area contributed by atoms with E-state index in [-0.39, 0.29) is 17.1 Å². The maximum Gasteiger partial charge on any atom is 0.255 e. The Hall–Kier alpha value is -2.03. The molecule has 1 fully saturated rings. The first-order chi connectivity index (χ1) is 10.0. The van der Waals surface area contributed by atoms with Gasteiger partial charge in [0.15, 0.2) is 0 Å². The van der Waals surface area contributed by atoms with Gasteiger partial charge in [-0.15, -0.1) is 0 Å². The average Bonchev–Trinajstić information content (AvgIpc) is 3.25. The number of phenols is 1. The molecule has 1 saturated carbocycles. The number of hydrogen-bond donors (Lipinski definition) is 2. The fourth-order valence-corrected chi connectivity index (χ4v) is 2.88. The molecule has 0 bridgehead atoms. The van der Waals surface area contributed by atoms with Gasteiger partial charge in [-0.1, -0.05) is 38.1 Å². The van der Waals surface area contributed by atoms with Gasteiger partial charge in [0.2, 0.25) is 0 Å². The highest BCUT2D eigenvalue weighted by Crippen LogP contribution is 2.51. The molecule has 110 valence electrons. The van der Waals surface area contributed by atoms with Crippen LogP contribution in [0.15, 0.2) is 36.4 Å². The van der Waals surface area contributed by atoms with Crippen molar-refractivity contribution < 1.29 is 9.90 Å². The molecular formula is C18H21NO2. The number of nitrogens with one attached hydrogen (secondary N) is 1. The molecule has 0 spiro atoms. The van der Waals surface area contributed by atoms with Crippen LogP contribution in [0.4, 0.5) is 0 Å². The van der Waals surface area contributed by atoms with E-state index in [4.69, 9.17) is 0 Å². The van der Waals surface area contributed by atoms with Crippen LogP contribution in [0.25, 0.3) is 10.8 Å². The van der Waals surface area contributed by atoms with Gasteiger partial charge in [0.05, 0.1) is 5.56 Å². The highest BCUT2D eigenvalue weighted by Gasteiger charge is 2.45. The molecule has 1 aliphatic carbocycles. The molecule has 3 heteroatoms. The molecule has 0 atom stereocenters. The van der Waals surface area contributed by atoms with Crippen LogP contribution in [0, 0.1) is 11.3 Å². The minimum Gasteiger partial charge on any atom is -0.507 e. The van der Waals surface area contributed by atoms with Gasteiger partial charge in [0.1, 0.15) is 5.75 Å². The number of rotatable bonds is 4. The zero-order chi connectivity index (χ0) is 15.0. The van der Waals surface area contributed by atoms with Crippen molar-refractivity contribution in [2.45, 2.75) is 26.7 Å². The third-order valence-corrected chi connectivity index (χ3v) is 4.83. The second-order valence-electron chi connectivity index (χ2n) is 6.42. The molecule has 2 N–H and O–H groups in total. The Morgan fingerprint density at radius 1 is 1.24 bits per heavy atom. The lowest BCUT2D eigenvalue weighted by molar-refractivity contribution is 0.0937. The first-order valence-electron chi connectivity index (χ1n) is 7.52. The van der Waals surface area contributed by atoms with Gasteiger partial charge in [-0.05, 0) is 47.1 Å². The Bertz CT molecular complexity index is 687. The Morgan fingerprint density at radius 3 is 2.43 bits per heavy atom. The summed E-state index contributed by atoms with van der Waals surface area (Å²) in [6.07, 6.45) is 2.35. The third kappa shape index (κ3) is 2.60. The summed E-state index contributed by atoms with van der Waals surface area (Å²) in [5.74, 6) is 0.425. The standard InChI is InChI=1S/C18H21NO2/c1-12(2)18(7-8-18)11-19-17(21)15-9-13-5-3-4-6-14(13)10-16(15)20/h3-6,9-10,12,20H,7-8,11H2,1-2H3,(H,19,21). The van der Waals surface area contributed by atoms with E-state index in [1.807, 2.05) is 24.3 Å². The van der Waals surface area contributed by atoms with Crippen molar-refractivity contribution in [2.75, 3.05) is 6.54 Å². The van der Waals surface area contributed by atoms with Gasteiger partial charge in [-0.3, -0.25) is 4.79 Å². The second kappa shape index (κ2) is 5.06. The number of benzene rings is 2. The van der Waals surface area contributed by atoms with Gasteiger partial charge in [-0.2, -0.15) is 0 Å². The van der Waals surface area contributed by atoms with E-state index in [9.17, 15) is 9.90 Å². The van der Waals surface area contributed by atoms with Crippen molar-refractivity contribution in [1.29, 1.82) is 0 Å². The Kier molecular flexibility index (Phi) is 3.36. The van der Waals surface area contributed by atoms with Crippen molar-refractivity contribution in [1.82, 2.24) is 5.32 Å². The quantitative estimate of drug-likeness (QED) is 0.898. The first kappa shape index (κ1) is 13.9. The van der Waals surface area contributed by atoms with Crippen LogP contribution in [0.2, 0.25) is 0 Å². The summed E-state index contributed by atoms with van der Waals surface area (Å²) in [4.78, 5) is 12.3. The number of phenolic OH excluding ortho intramolecular Hbond substituents is 1. The molecule has 3 nitrogen and oxygen atoms in total. The minimum absolute atomic E-state index is 0.0422. The van der Waals surface area contributed by atoms with Crippen LogP contribution in [0.3, 0.4) is 0 Å². The zero-order valence-corrected chi connectivity index (χ0v) is 12.5.